The minimum absolute atomic E-state index is 0.0835. The highest BCUT2D eigenvalue weighted by molar-refractivity contribution is 7.91. The number of benzene rings is 2. The van der Waals surface area contributed by atoms with E-state index in [4.69, 9.17) is 16.3 Å². The van der Waals surface area contributed by atoms with Gasteiger partial charge >= 0.3 is 5.97 Å². The molecule has 0 saturated heterocycles. The van der Waals surface area contributed by atoms with Crippen molar-refractivity contribution in [3.63, 3.8) is 0 Å². The van der Waals surface area contributed by atoms with E-state index in [1.165, 1.54) is 31.2 Å². The van der Waals surface area contributed by atoms with Crippen LogP contribution in [0.25, 0.3) is 0 Å². The second-order valence-corrected chi connectivity index (χ2v) is 8.06. The summed E-state index contributed by atoms with van der Waals surface area (Å²) in [4.78, 5) is 23.9. The molecule has 0 atom stereocenters. The SMILES string of the molecule is CCS(=O)(=O)c1ccccc1C(=O)OCC(=O)NCc1ccc(Cl)cc1. The average molecular weight is 396 g/mol. The fourth-order valence-electron chi connectivity index (χ4n) is 2.12. The van der Waals surface area contributed by atoms with Crippen molar-refractivity contribution in [2.45, 2.75) is 18.4 Å². The van der Waals surface area contributed by atoms with Crippen molar-refractivity contribution in [3.05, 3.63) is 64.7 Å². The number of hydrogen-bond acceptors (Lipinski definition) is 5. The van der Waals surface area contributed by atoms with E-state index in [2.05, 4.69) is 5.32 Å². The normalized spacial score (nSPS) is 11.0. The minimum Gasteiger partial charge on any atom is -0.452 e. The monoisotopic (exact) mass is 395 g/mol. The summed E-state index contributed by atoms with van der Waals surface area (Å²) in [6.07, 6.45) is 0. The zero-order valence-corrected chi connectivity index (χ0v) is 15.6. The number of halogens is 1. The molecule has 0 heterocycles. The van der Waals surface area contributed by atoms with Crippen LogP contribution in [0.2, 0.25) is 5.02 Å². The highest BCUT2D eigenvalue weighted by Gasteiger charge is 2.22. The predicted octanol–water partition coefficient (Wildman–Crippen LogP) is 2.61. The summed E-state index contributed by atoms with van der Waals surface area (Å²) in [6, 6.07) is 12.7. The van der Waals surface area contributed by atoms with Crippen molar-refractivity contribution in [3.8, 4) is 0 Å². The third-order valence-corrected chi connectivity index (χ3v) is 5.60. The number of sulfone groups is 1. The summed E-state index contributed by atoms with van der Waals surface area (Å²) >= 11 is 5.78. The van der Waals surface area contributed by atoms with Crippen LogP contribution in [0.1, 0.15) is 22.8 Å². The van der Waals surface area contributed by atoms with Crippen LogP contribution in [0, 0.1) is 0 Å². The van der Waals surface area contributed by atoms with Crippen molar-refractivity contribution < 1.29 is 22.7 Å². The first kappa shape index (κ1) is 19.9. The first-order valence-electron chi connectivity index (χ1n) is 7.83. The van der Waals surface area contributed by atoms with Gasteiger partial charge in [0, 0.05) is 11.6 Å². The van der Waals surface area contributed by atoms with Gasteiger partial charge in [0.15, 0.2) is 16.4 Å². The van der Waals surface area contributed by atoms with Gasteiger partial charge in [0.25, 0.3) is 5.91 Å². The molecule has 0 fully saturated rings. The fraction of sp³-hybridized carbons (Fsp3) is 0.222. The Balaban J connectivity index is 1.94. The summed E-state index contributed by atoms with van der Waals surface area (Å²) in [6.45, 7) is 1.24. The molecule has 0 aliphatic rings. The molecule has 2 rings (SSSR count). The molecule has 0 bridgehead atoms. The molecule has 2 aromatic carbocycles. The van der Waals surface area contributed by atoms with Crippen LogP contribution in [0.15, 0.2) is 53.4 Å². The standard InChI is InChI=1S/C18H18ClNO5S/c1-2-26(23,24)16-6-4-3-5-15(16)18(22)25-12-17(21)20-11-13-7-9-14(19)10-8-13/h3-10H,2,11-12H2,1H3,(H,20,21). The molecule has 0 saturated carbocycles. The van der Waals surface area contributed by atoms with Crippen LogP contribution < -0.4 is 5.32 Å². The van der Waals surface area contributed by atoms with E-state index in [0.717, 1.165) is 5.56 Å². The van der Waals surface area contributed by atoms with Gasteiger partial charge in [0.2, 0.25) is 0 Å². The lowest BCUT2D eigenvalue weighted by Crippen LogP contribution is -2.28. The minimum atomic E-state index is -3.57. The topological polar surface area (TPSA) is 89.5 Å². The van der Waals surface area contributed by atoms with Gasteiger partial charge in [0.1, 0.15) is 0 Å². The summed E-state index contributed by atoms with van der Waals surface area (Å²) in [5.74, 6) is -1.50. The van der Waals surface area contributed by atoms with Gasteiger partial charge in [-0.15, -0.1) is 0 Å². The molecule has 0 aromatic heterocycles. The van der Waals surface area contributed by atoms with E-state index in [-0.39, 0.29) is 22.8 Å². The van der Waals surface area contributed by atoms with Crippen molar-refractivity contribution in [2.75, 3.05) is 12.4 Å². The van der Waals surface area contributed by atoms with Crippen molar-refractivity contribution >= 4 is 33.3 Å². The molecule has 8 heteroatoms. The Kier molecular flexibility index (Phi) is 6.76. The van der Waals surface area contributed by atoms with Crippen LogP contribution in [0.3, 0.4) is 0 Å². The van der Waals surface area contributed by atoms with Crippen LogP contribution in [0.4, 0.5) is 0 Å². The van der Waals surface area contributed by atoms with Crippen molar-refractivity contribution in [1.29, 1.82) is 0 Å². The Morgan fingerprint density at radius 2 is 1.73 bits per heavy atom. The summed E-state index contributed by atoms with van der Waals surface area (Å²) < 4.78 is 29.0. The maximum Gasteiger partial charge on any atom is 0.339 e. The smallest absolute Gasteiger partial charge is 0.339 e. The zero-order valence-electron chi connectivity index (χ0n) is 14.1. The molecule has 0 aliphatic carbocycles. The molecular weight excluding hydrogens is 378 g/mol. The number of ether oxygens (including phenoxy) is 1. The lowest BCUT2D eigenvalue weighted by atomic mass is 10.2. The first-order chi connectivity index (χ1) is 12.3. The summed E-state index contributed by atoms with van der Waals surface area (Å²) in [5, 5.41) is 3.20. The van der Waals surface area contributed by atoms with Crippen LogP contribution >= 0.6 is 11.6 Å². The number of hydrogen-bond donors (Lipinski definition) is 1. The lowest BCUT2D eigenvalue weighted by Gasteiger charge is -2.10. The molecule has 0 unspecified atom stereocenters. The maximum atomic E-state index is 12.2. The van der Waals surface area contributed by atoms with Gasteiger partial charge in [-0.05, 0) is 29.8 Å². The van der Waals surface area contributed by atoms with E-state index in [9.17, 15) is 18.0 Å². The molecule has 0 spiro atoms. The maximum absolute atomic E-state index is 12.2. The van der Waals surface area contributed by atoms with Gasteiger partial charge in [0.05, 0.1) is 16.2 Å². The van der Waals surface area contributed by atoms with Gasteiger partial charge in [-0.2, -0.15) is 0 Å². The van der Waals surface area contributed by atoms with E-state index in [0.29, 0.717) is 5.02 Å². The second kappa shape index (κ2) is 8.82. The molecule has 2 aromatic rings. The van der Waals surface area contributed by atoms with Crippen molar-refractivity contribution in [2.24, 2.45) is 0 Å². The quantitative estimate of drug-likeness (QED) is 0.728. The largest absolute Gasteiger partial charge is 0.452 e. The molecular formula is C18H18ClNO5S. The van der Waals surface area contributed by atoms with Crippen LogP contribution in [0.5, 0.6) is 0 Å². The number of esters is 1. The Morgan fingerprint density at radius 3 is 2.38 bits per heavy atom. The highest BCUT2D eigenvalue weighted by atomic mass is 35.5. The summed E-state index contributed by atoms with van der Waals surface area (Å²) in [7, 11) is -3.57. The molecule has 1 N–H and O–H groups in total. The number of carbonyl (C=O) groups is 2. The predicted molar refractivity (Wildman–Crippen MR) is 97.8 cm³/mol. The first-order valence-corrected chi connectivity index (χ1v) is 9.86. The van der Waals surface area contributed by atoms with Gasteiger partial charge in [-0.25, -0.2) is 13.2 Å². The molecule has 138 valence electrons. The summed E-state index contributed by atoms with van der Waals surface area (Å²) in [5.41, 5.74) is 0.758. The van der Waals surface area contributed by atoms with Crippen LogP contribution in [-0.2, 0) is 25.9 Å². The van der Waals surface area contributed by atoms with Gasteiger partial charge < -0.3 is 10.1 Å². The van der Waals surface area contributed by atoms with E-state index >= 15 is 0 Å². The van der Waals surface area contributed by atoms with E-state index in [1.807, 2.05) is 0 Å². The van der Waals surface area contributed by atoms with E-state index in [1.54, 1.807) is 24.3 Å². The number of amides is 1. The Hall–Kier alpha value is -2.38. The van der Waals surface area contributed by atoms with Crippen LogP contribution in [-0.4, -0.2) is 32.7 Å². The van der Waals surface area contributed by atoms with Gasteiger partial charge in [-0.3, -0.25) is 4.79 Å². The molecule has 1 amide bonds. The van der Waals surface area contributed by atoms with Crippen molar-refractivity contribution in [1.82, 2.24) is 5.32 Å². The number of rotatable bonds is 7. The molecule has 6 nitrogen and oxygen atoms in total. The molecule has 0 aliphatic heterocycles. The molecule has 0 radical (unpaired) electrons. The Bertz CT molecular complexity index is 894. The number of carbonyl (C=O) groups excluding carboxylic acids is 2. The third kappa shape index (κ3) is 5.31. The number of nitrogens with one attached hydrogen (secondary N) is 1. The van der Waals surface area contributed by atoms with E-state index < -0.39 is 28.3 Å². The zero-order chi connectivity index (χ0) is 19.2. The average Bonchev–Trinajstić information content (AvgIpc) is 2.65. The second-order valence-electron chi connectivity index (χ2n) is 5.38. The van der Waals surface area contributed by atoms with Gasteiger partial charge in [-0.1, -0.05) is 42.8 Å². The lowest BCUT2D eigenvalue weighted by molar-refractivity contribution is -0.124. The fourth-order valence-corrected chi connectivity index (χ4v) is 3.33. The third-order valence-electron chi connectivity index (χ3n) is 3.56. The Labute approximate surface area is 157 Å². The highest BCUT2D eigenvalue weighted by Crippen LogP contribution is 2.18. The molecule has 26 heavy (non-hydrogen) atoms. The Morgan fingerprint density at radius 1 is 1.08 bits per heavy atom.